The van der Waals surface area contributed by atoms with Gasteiger partial charge in [-0.1, -0.05) is 38.8 Å². The largest absolute Gasteiger partial charge is 0.475 e. The number of rotatable bonds is 7. The zero-order valence-electron chi connectivity index (χ0n) is 11.4. The van der Waals surface area contributed by atoms with Crippen molar-refractivity contribution in [1.82, 2.24) is 5.16 Å². The van der Waals surface area contributed by atoms with Crippen molar-refractivity contribution >= 4 is 33.2 Å². The second-order valence-corrected chi connectivity index (χ2v) is 5.59. The van der Waals surface area contributed by atoms with Gasteiger partial charge in [0.25, 0.3) is 5.88 Å². The highest BCUT2D eigenvalue weighted by Crippen LogP contribution is 2.19. The Morgan fingerprint density at radius 3 is 2.95 bits per heavy atom. The van der Waals surface area contributed by atoms with E-state index in [0.29, 0.717) is 18.1 Å². The van der Waals surface area contributed by atoms with E-state index in [4.69, 9.17) is 26.1 Å². The molecular weight excluding hydrogens is 379 g/mol. The van der Waals surface area contributed by atoms with Crippen LogP contribution in [0.4, 0.5) is 4.39 Å². The van der Waals surface area contributed by atoms with E-state index in [1.807, 2.05) is 0 Å². The van der Waals surface area contributed by atoms with Gasteiger partial charge in [0, 0.05) is 11.8 Å². The molecule has 1 N–H and O–H groups in total. The summed E-state index contributed by atoms with van der Waals surface area (Å²) in [7, 11) is 0. The molecule has 0 aliphatic rings. The summed E-state index contributed by atoms with van der Waals surface area (Å²) in [6.45, 7) is 0.496. The van der Waals surface area contributed by atoms with E-state index < -0.39 is 5.82 Å². The van der Waals surface area contributed by atoms with Crippen LogP contribution < -0.4 is 4.74 Å². The molecule has 22 heavy (non-hydrogen) atoms. The van der Waals surface area contributed by atoms with Crippen LogP contribution in [0.25, 0.3) is 0 Å². The third-order valence-electron chi connectivity index (χ3n) is 2.78. The zero-order valence-corrected chi connectivity index (χ0v) is 13.8. The van der Waals surface area contributed by atoms with E-state index in [2.05, 4.69) is 26.2 Å². The van der Waals surface area contributed by atoms with Crippen molar-refractivity contribution in [2.24, 2.45) is 5.16 Å². The number of nitrogens with zero attached hydrogens (tertiary/aromatic N) is 2. The minimum Gasteiger partial charge on any atom is -0.475 e. The van der Waals surface area contributed by atoms with Crippen LogP contribution in [-0.2, 0) is 6.42 Å². The van der Waals surface area contributed by atoms with Crippen LogP contribution in [0.3, 0.4) is 0 Å². The first-order valence-electron chi connectivity index (χ1n) is 6.44. The maximum atomic E-state index is 13.1. The lowest BCUT2D eigenvalue weighted by Gasteiger charge is -2.02. The molecule has 0 unspecified atom stereocenters. The lowest BCUT2D eigenvalue weighted by atomic mass is 10.1. The van der Waals surface area contributed by atoms with E-state index in [0.717, 1.165) is 11.8 Å². The Morgan fingerprint density at radius 2 is 2.27 bits per heavy atom. The van der Waals surface area contributed by atoms with Gasteiger partial charge in [0.1, 0.15) is 11.5 Å². The molecule has 0 fully saturated rings. The Labute approximate surface area is 139 Å². The summed E-state index contributed by atoms with van der Waals surface area (Å²) in [5.41, 5.74) is 0.919. The van der Waals surface area contributed by atoms with Gasteiger partial charge >= 0.3 is 0 Å². The van der Waals surface area contributed by atoms with Gasteiger partial charge in [-0.2, -0.15) is 0 Å². The summed E-state index contributed by atoms with van der Waals surface area (Å²) in [5, 5.41) is 16.9. The fourth-order valence-corrected chi connectivity index (χ4v) is 2.14. The topological polar surface area (TPSA) is 67.9 Å². The average molecular weight is 392 g/mol. The second-order valence-electron chi connectivity index (χ2n) is 4.39. The highest BCUT2D eigenvalue weighted by Gasteiger charge is 2.14. The van der Waals surface area contributed by atoms with Gasteiger partial charge in [0.15, 0.2) is 5.76 Å². The average Bonchev–Trinajstić information content (AvgIpc) is 2.97. The van der Waals surface area contributed by atoms with Crippen LogP contribution in [-0.4, -0.2) is 28.0 Å². The predicted molar refractivity (Wildman–Crippen MR) is 83.8 cm³/mol. The molecule has 1 heterocycles. The molecule has 0 saturated heterocycles. The van der Waals surface area contributed by atoms with Gasteiger partial charge in [-0.25, -0.2) is 4.39 Å². The van der Waals surface area contributed by atoms with Gasteiger partial charge in [-0.3, -0.25) is 0 Å². The van der Waals surface area contributed by atoms with E-state index in [1.165, 1.54) is 18.2 Å². The van der Waals surface area contributed by atoms with Crippen LogP contribution in [0.15, 0.2) is 33.9 Å². The number of oxime groups is 1. The molecule has 1 aromatic carbocycles. The first kappa shape index (κ1) is 16.8. The van der Waals surface area contributed by atoms with E-state index >= 15 is 0 Å². The molecule has 8 heteroatoms. The van der Waals surface area contributed by atoms with Crippen LogP contribution in [0.5, 0.6) is 5.88 Å². The molecule has 0 amide bonds. The van der Waals surface area contributed by atoms with Gasteiger partial charge in [-0.15, -0.1) is 0 Å². The number of halogens is 3. The normalized spacial score (nSPS) is 11.7. The van der Waals surface area contributed by atoms with Crippen LogP contribution >= 0.6 is 27.5 Å². The standard InChI is InChI=1S/C14H13BrClFN2O3/c15-4-1-5-21-14-8-13(22-19-14)12(18-20)7-9-2-3-11(17)10(16)6-9/h2-3,6,8,20H,1,4-5,7H2. The third kappa shape index (κ3) is 4.45. The van der Waals surface area contributed by atoms with Gasteiger partial charge < -0.3 is 14.5 Å². The maximum Gasteiger partial charge on any atom is 0.254 e. The molecule has 0 spiro atoms. The summed E-state index contributed by atoms with van der Waals surface area (Å²) in [4.78, 5) is 0. The van der Waals surface area contributed by atoms with Crippen LogP contribution in [0.1, 0.15) is 17.7 Å². The minimum atomic E-state index is -0.505. The van der Waals surface area contributed by atoms with Crippen molar-refractivity contribution in [2.45, 2.75) is 12.8 Å². The Morgan fingerprint density at radius 1 is 1.45 bits per heavy atom. The van der Waals surface area contributed by atoms with Crippen molar-refractivity contribution in [3.05, 3.63) is 46.4 Å². The summed E-state index contributed by atoms with van der Waals surface area (Å²) in [6, 6.07) is 5.80. The van der Waals surface area contributed by atoms with Crippen molar-refractivity contribution in [1.29, 1.82) is 0 Å². The monoisotopic (exact) mass is 390 g/mol. The van der Waals surface area contributed by atoms with Crippen molar-refractivity contribution in [3.63, 3.8) is 0 Å². The lowest BCUT2D eigenvalue weighted by molar-refractivity contribution is 0.278. The summed E-state index contributed by atoms with van der Waals surface area (Å²) >= 11 is 9.02. The Bertz CT molecular complexity index is 663. The van der Waals surface area contributed by atoms with E-state index in [1.54, 1.807) is 6.07 Å². The molecule has 2 rings (SSSR count). The first-order valence-corrected chi connectivity index (χ1v) is 7.94. The molecule has 0 atom stereocenters. The van der Waals surface area contributed by atoms with Crippen molar-refractivity contribution < 1.29 is 18.9 Å². The number of aromatic nitrogens is 1. The lowest BCUT2D eigenvalue weighted by Crippen LogP contribution is -2.04. The molecule has 0 radical (unpaired) electrons. The third-order valence-corrected chi connectivity index (χ3v) is 3.63. The first-order chi connectivity index (χ1) is 10.6. The van der Waals surface area contributed by atoms with E-state index in [9.17, 15) is 4.39 Å². The maximum absolute atomic E-state index is 13.1. The fraction of sp³-hybridized carbons (Fsp3) is 0.286. The molecule has 0 saturated carbocycles. The molecule has 1 aromatic heterocycles. The SMILES string of the molecule is ON=C(Cc1ccc(F)c(Cl)c1)c1cc(OCCCBr)no1. The highest BCUT2D eigenvalue weighted by molar-refractivity contribution is 9.09. The molecule has 0 aliphatic carbocycles. The van der Waals surface area contributed by atoms with Crippen LogP contribution in [0, 0.1) is 5.82 Å². The predicted octanol–water partition coefficient (Wildman–Crippen LogP) is 4.05. The molecule has 0 aliphatic heterocycles. The van der Waals surface area contributed by atoms with Crippen molar-refractivity contribution in [3.8, 4) is 5.88 Å². The number of benzene rings is 1. The minimum absolute atomic E-state index is 0.00570. The summed E-state index contributed by atoms with van der Waals surface area (Å²) in [6.07, 6.45) is 1.05. The van der Waals surface area contributed by atoms with Gasteiger partial charge in [-0.05, 0) is 29.3 Å². The Kier molecular flexibility index (Phi) is 6.21. The molecular formula is C14H13BrClFN2O3. The molecule has 2 aromatic rings. The summed E-state index contributed by atoms with van der Waals surface area (Å²) in [5.74, 6) is 0.0843. The quantitative estimate of drug-likeness (QED) is 0.254. The smallest absolute Gasteiger partial charge is 0.254 e. The second kappa shape index (κ2) is 8.14. The van der Waals surface area contributed by atoms with Crippen LogP contribution in [0.2, 0.25) is 5.02 Å². The molecule has 5 nitrogen and oxygen atoms in total. The van der Waals surface area contributed by atoms with E-state index in [-0.39, 0.29) is 22.9 Å². The summed E-state index contributed by atoms with van der Waals surface area (Å²) < 4.78 is 23.6. The van der Waals surface area contributed by atoms with Gasteiger partial charge in [0.2, 0.25) is 0 Å². The molecule has 0 bridgehead atoms. The van der Waals surface area contributed by atoms with Crippen molar-refractivity contribution in [2.75, 3.05) is 11.9 Å². The Hall–Kier alpha value is -1.60. The number of hydrogen-bond donors (Lipinski definition) is 1. The molecule has 118 valence electrons. The van der Waals surface area contributed by atoms with Gasteiger partial charge in [0.05, 0.1) is 17.7 Å². The highest BCUT2D eigenvalue weighted by atomic mass is 79.9. The number of ether oxygens (including phenoxy) is 1. The fourth-order valence-electron chi connectivity index (χ4n) is 1.71. The number of hydrogen-bond acceptors (Lipinski definition) is 5. The number of alkyl halides is 1. The Balaban J connectivity index is 2.07. The zero-order chi connectivity index (χ0) is 15.9.